The van der Waals surface area contributed by atoms with Gasteiger partial charge < -0.3 is 10.3 Å². The number of aromatic nitrogens is 3. The smallest absolute Gasteiger partial charge is 0.186 e. The molecule has 1 atom stereocenters. The van der Waals surface area contributed by atoms with Crippen LogP contribution < -0.4 is 5.32 Å². The molecule has 0 bridgehead atoms. The summed E-state index contributed by atoms with van der Waals surface area (Å²) in [5, 5.41) is 9.38. The molecule has 0 saturated heterocycles. The first-order valence-electron chi connectivity index (χ1n) is 11.3. The summed E-state index contributed by atoms with van der Waals surface area (Å²) in [6.45, 7) is 0.667. The van der Waals surface area contributed by atoms with Crippen molar-refractivity contribution in [3.05, 3.63) is 113 Å². The highest BCUT2D eigenvalue weighted by atomic mass is 35.5. The number of carbonyl (C=O) groups is 1. The monoisotopic (exact) mass is 468 g/mol. The first kappa shape index (κ1) is 22.1. The van der Waals surface area contributed by atoms with Crippen molar-refractivity contribution in [1.29, 1.82) is 0 Å². The molecule has 0 aliphatic rings. The summed E-state index contributed by atoms with van der Waals surface area (Å²) in [4.78, 5) is 17.0. The van der Waals surface area contributed by atoms with Crippen LogP contribution in [0.4, 0.5) is 0 Å². The Balaban J connectivity index is 1.40. The van der Waals surface area contributed by atoms with E-state index in [0.717, 1.165) is 39.0 Å². The molecule has 5 rings (SSSR count). The lowest BCUT2D eigenvalue weighted by Crippen LogP contribution is -2.30. The first-order chi connectivity index (χ1) is 16.6. The summed E-state index contributed by atoms with van der Waals surface area (Å²) in [5.74, 6) is 0.0442. The minimum absolute atomic E-state index is 0.0442. The van der Waals surface area contributed by atoms with E-state index in [4.69, 9.17) is 11.6 Å². The second kappa shape index (κ2) is 9.67. The molecular weight excluding hydrogens is 444 g/mol. The number of nitrogens with zero attached hydrogens (tertiary/aromatic N) is 2. The van der Waals surface area contributed by atoms with Gasteiger partial charge >= 0.3 is 0 Å². The number of ketones is 1. The minimum Gasteiger partial charge on any atom is -0.360 e. The molecule has 0 aliphatic heterocycles. The fraction of sp³-hybridized carbons (Fsp3) is 0.143. The highest BCUT2D eigenvalue weighted by molar-refractivity contribution is 6.30. The molecular formula is C28H25ClN4O. The van der Waals surface area contributed by atoms with E-state index in [9.17, 15) is 4.79 Å². The molecule has 34 heavy (non-hydrogen) atoms. The maximum absolute atomic E-state index is 13.8. The summed E-state index contributed by atoms with van der Waals surface area (Å²) in [6, 6.07) is 23.4. The molecule has 3 aromatic carbocycles. The number of hydrogen-bond acceptors (Lipinski definition) is 3. The number of rotatable bonds is 8. The number of fused-ring (bicyclic) bond motifs is 1. The molecule has 2 heterocycles. The maximum atomic E-state index is 13.8. The Morgan fingerprint density at radius 3 is 2.59 bits per heavy atom. The van der Waals surface area contributed by atoms with Gasteiger partial charge in [-0.1, -0.05) is 66.2 Å². The summed E-state index contributed by atoms with van der Waals surface area (Å²) in [5.41, 5.74) is 5.83. The zero-order valence-electron chi connectivity index (χ0n) is 18.8. The number of aryl methyl sites for hydroxylation is 1. The fourth-order valence-electron chi connectivity index (χ4n) is 4.25. The molecule has 0 fully saturated rings. The molecule has 5 nitrogen and oxygen atoms in total. The van der Waals surface area contributed by atoms with Crippen LogP contribution in [-0.2, 0) is 13.5 Å². The summed E-state index contributed by atoms with van der Waals surface area (Å²) in [7, 11) is 1.90. The Labute approximate surface area is 203 Å². The Hall–Kier alpha value is -3.67. The number of halogens is 1. The van der Waals surface area contributed by atoms with Gasteiger partial charge in [-0.15, -0.1) is 0 Å². The highest BCUT2D eigenvalue weighted by Gasteiger charge is 2.24. The van der Waals surface area contributed by atoms with Crippen LogP contribution in [0.2, 0.25) is 5.02 Å². The number of H-pyrrole nitrogens is 1. The molecule has 0 spiro atoms. The third-order valence-electron chi connectivity index (χ3n) is 6.06. The van der Waals surface area contributed by atoms with E-state index in [1.807, 2.05) is 92.4 Å². The van der Waals surface area contributed by atoms with Gasteiger partial charge in [0.05, 0.1) is 12.2 Å². The zero-order valence-corrected chi connectivity index (χ0v) is 19.6. The molecule has 0 radical (unpaired) electrons. The van der Waals surface area contributed by atoms with Crippen molar-refractivity contribution in [1.82, 2.24) is 20.1 Å². The molecule has 5 aromatic rings. The molecule has 170 valence electrons. The normalized spacial score (nSPS) is 12.2. The van der Waals surface area contributed by atoms with Crippen LogP contribution in [0, 0.1) is 0 Å². The van der Waals surface area contributed by atoms with Gasteiger partial charge in [0.15, 0.2) is 5.78 Å². The second-order valence-electron chi connectivity index (χ2n) is 8.40. The zero-order chi connectivity index (χ0) is 23.5. The summed E-state index contributed by atoms with van der Waals surface area (Å²) >= 11 is 6.00. The quantitative estimate of drug-likeness (QED) is 0.275. The van der Waals surface area contributed by atoms with Gasteiger partial charge in [0.25, 0.3) is 0 Å². The van der Waals surface area contributed by atoms with E-state index in [1.165, 1.54) is 5.56 Å². The SMILES string of the molecule is Cn1cc(-c2ccc3c(C(=O)[C@@H](NCCc4ccc(Cl)cc4)c4ccccc4)c[nH]c3c2)cn1. The van der Waals surface area contributed by atoms with Gasteiger partial charge in [0.1, 0.15) is 0 Å². The van der Waals surface area contributed by atoms with Crippen LogP contribution in [0.5, 0.6) is 0 Å². The van der Waals surface area contributed by atoms with Crippen molar-refractivity contribution in [3.8, 4) is 11.1 Å². The van der Waals surface area contributed by atoms with Crippen LogP contribution in [0.15, 0.2) is 91.4 Å². The Morgan fingerprint density at radius 2 is 1.85 bits per heavy atom. The van der Waals surface area contributed by atoms with Gasteiger partial charge in [-0.25, -0.2) is 0 Å². The van der Waals surface area contributed by atoms with Crippen LogP contribution in [0.25, 0.3) is 22.0 Å². The Kier molecular flexibility index (Phi) is 6.30. The average Bonchev–Trinajstić information content (AvgIpc) is 3.49. The van der Waals surface area contributed by atoms with Crippen LogP contribution in [-0.4, -0.2) is 27.1 Å². The standard InChI is InChI=1S/C28H25ClN4O/c1-33-18-22(16-32-33)21-9-12-24-25(17-31-26(24)15-21)28(34)27(20-5-3-2-4-6-20)30-14-13-19-7-10-23(29)11-8-19/h2-12,15-18,27,30-31H,13-14H2,1H3/t27-/m0/s1. The number of nitrogens with one attached hydrogen (secondary N) is 2. The lowest BCUT2D eigenvalue weighted by Gasteiger charge is -2.18. The molecule has 2 N–H and O–H groups in total. The van der Waals surface area contributed by atoms with Gasteiger partial charge in [-0.3, -0.25) is 9.48 Å². The molecule has 0 saturated carbocycles. The average molecular weight is 469 g/mol. The van der Waals surface area contributed by atoms with E-state index in [-0.39, 0.29) is 5.78 Å². The number of aromatic amines is 1. The number of hydrogen-bond donors (Lipinski definition) is 2. The molecule has 6 heteroatoms. The molecule has 0 unspecified atom stereocenters. The minimum atomic E-state index is -0.439. The van der Waals surface area contributed by atoms with Crippen LogP contribution in [0.3, 0.4) is 0 Å². The van der Waals surface area contributed by atoms with E-state index in [2.05, 4.69) is 21.5 Å². The Morgan fingerprint density at radius 1 is 1.06 bits per heavy atom. The van der Waals surface area contributed by atoms with Crippen molar-refractivity contribution in [2.24, 2.45) is 7.05 Å². The molecule has 0 aliphatic carbocycles. The lowest BCUT2D eigenvalue weighted by atomic mass is 9.96. The van der Waals surface area contributed by atoms with E-state index < -0.39 is 6.04 Å². The van der Waals surface area contributed by atoms with Crippen molar-refractivity contribution < 1.29 is 4.79 Å². The predicted octanol–water partition coefficient (Wildman–Crippen LogP) is 5.98. The second-order valence-corrected chi connectivity index (χ2v) is 8.84. The van der Waals surface area contributed by atoms with Gasteiger partial charge in [-0.2, -0.15) is 5.10 Å². The van der Waals surface area contributed by atoms with E-state index in [0.29, 0.717) is 12.1 Å². The summed E-state index contributed by atoms with van der Waals surface area (Å²) < 4.78 is 1.78. The van der Waals surface area contributed by atoms with Crippen molar-refractivity contribution >= 4 is 28.3 Å². The third kappa shape index (κ3) is 4.67. The lowest BCUT2D eigenvalue weighted by molar-refractivity contribution is 0.0945. The third-order valence-corrected chi connectivity index (χ3v) is 6.31. The van der Waals surface area contributed by atoms with Crippen LogP contribution >= 0.6 is 11.6 Å². The van der Waals surface area contributed by atoms with Gasteiger partial charge in [0.2, 0.25) is 0 Å². The first-order valence-corrected chi connectivity index (χ1v) is 11.6. The Bertz CT molecular complexity index is 1420. The topological polar surface area (TPSA) is 62.7 Å². The van der Waals surface area contributed by atoms with Gasteiger partial charge in [-0.05, 0) is 41.3 Å². The van der Waals surface area contributed by atoms with Crippen molar-refractivity contribution in [2.75, 3.05) is 6.54 Å². The predicted molar refractivity (Wildman–Crippen MR) is 137 cm³/mol. The maximum Gasteiger partial charge on any atom is 0.186 e. The summed E-state index contributed by atoms with van der Waals surface area (Å²) in [6.07, 6.45) is 6.44. The van der Waals surface area contributed by atoms with E-state index >= 15 is 0 Å². The van der Waals surface area contributed by atoms with Crippen LogP contribution in [0.1, 0.15) is 27.5 Å². The van der Waals surface area contributed by atoms with Gasteiger partial charge in [0, 0.05) is 53.0 Å². The number of carbonyl (C=O) groups excluding carboxylic acids is 1. The van der Waals surface area contributed by atoms with Crippen molar-refractivity contribution in [3.63, 3.8) is 0 Å². The van der Waals surface area contributed by atoms with Crippen molar-refractivity contribution in [2.45, 2.75) is 12.5 Å². The number of Topliss-reactive ketones (excluding diaryl/α,β-unsaturated/α-hetero) is 1. The molecule has 2 aromatic heterocycles. The fourth-order valence-corrected chi connectivity index (χ4v) is 4.38. The molecule has 0 amide bonds. The number of benzene rings is 3. The largest absolute Gasteiger partial charge is 0.360 e. The highest BCUT2D eigenvalue weighted by Crippen LogP contribution is 2.28. The van der Waals surface area contributed by atoms with E-state index in [1.54, 1.807) is 4.68 Å².